The van der Waals surface area contributed by atoms with Crippen LogP contribution in [0, 0.1) is 0 Å². The second-order valence-electron chi connectivity index (χ2n) is 14.0. The van der Waals surface area contributed by atoms with Crippen molar-refractivity contribution in [3.8, 4) is 0 Å². The van der Waals surface area contributed by atoms with Crippen LogP contribution >= 0.6 is 0 Å². The zero-order valence-electron chi connectivity index (χ0n) is 36.9. The van der Waals surface area contributed by atoms with Crippen molar-refractivity contribution in [2.45, 2.75) is 51.5 Å². The maximum Gasteiger partial charge on any atom is 0.305 e. The van der Waals surface area contributed by atoms with Crippen molar-refractivity contribution in [3.63, 3.8) is 0 Å². The SMILES string of the molecule is CCCCCC(=O)OCCOCCOCCOCCOCCOCCOCCOCCOCCOCCOCCOCCNc1cccc2c1C(=O)N(C1CCC(=O)NC1=O)C2=O. The number of ether oxygens (including phenoxy) is 12. The standard InChI is InChI=1S/C43H69N3O17/c1-2-3-4-8-39(48)63-34-33-62-32-31-61-30-29-60-28-27-59-26-25-58-24-23-57-22-21-56-20-19-55-18-17-54-16-15-53-14-13-52-12-11-44-36-7-5-6-35-40(36)43(51)46(42(35)50)37-9-10-38(47)45-41(37)49/h5-7,37,44H,2-4,8-34H2,1H3,(H,45,47,49). The fourth-order valence-electron chi connectivity index (χ4n) is 6.03. The molecular formula is C43H69N3O17. The van der Waals surface area contributed by atoms with E-state index in [1.165, 1.54) is 0 Å². The van der Waals surface area contributed by atoms with Crippen LogP contribution in [0.15, 0.2) is 18.2 Å². The Bertz CT molecular complexity index is 1440. The van der Waals surface area contributed by atoms with Crippen molar-refractivity contribution >= 4 is 35.3 Å². The van der Waals surface area contributed by atoms with Gasteiger partial charge in [-0.3, -0.25) is 34.2 Å². The lowest BCUT2D eigenvalue weighted by Crippen LogP contribution is -2.54. The molecule has 2 aliphatic rings. The van der Waals surface area contributed by atoms with E-state index in [1.54, 1.807) is 18.2 Å². The van der Waals surface area contributed by atoms with Crippen LogP contribution in [-0.4, -0.2) is 199 Å². The first kappa shape index (κ1) is 53.7. The molecule has 20 nitrogen and oxygen atoms in total. The zero-order chi connectivity index (χ0) is 45.0. The number of nitrogens with zero attached hydrogens (tertiary/aromatic N) is 1. The third-order valence-electron chi connectivity index (χ3n) is 9.23. The van der Waals surface area contributed by atoms with E-state index in [0.717, 1.165) is 24.2 Å². The largest absolute Gasteiger partial charge is 0.463 e. The molecule has 358 valence electrons. The smallest absolute Gasteiger partial charge is 0.305 e. The second-order valence-corrected chi connectivity index (χ2v) is 14.0. The highest BCUT2D eigenvalue weighted by Gasteiger charge is 2.45. The molecule has 2 N–H and O–H groups in total. The summed E-state index contributed by atoms with van der Waals surface area (Å²) in [5.74, 6) is -2.35. The van der Waals surface area contributed by atoms with Gasteiger partial charge in [0.2, 0.25) is 11.8 Å². The van der Waals surface area contributed by atoms with Gasteiger partial charge in [-0.05, 0) is 25.0 Å². The molecule has 1 fully saturated rings. The average Bonchev–Trinajstić information content (AvgIpc) is 3.53. The fraction of sp³-hybridized carbons (Fsp3) is 0.744. The minimum atomic E-state index is -1.01. The number of hydrogen-bond acceptors (Lipinski definition) is 18. The number of imide groups is 2. The van der Waals surface area contributed by atoms with Gasteiger partial charge in [0.15, 0.2) is 0 Å². The minimum absolute atomic E-state index is 0.0621. The molecule has 0 spiro atoms. The Morgan fingerprint density at radius 1 is 0.587 bits per heavy atom. The van der Waals surface area contributed by atoms with E-state index in [4.69, 9.17) is 56.8 Å². The molecule has 1 saturated heterocycles. The van der Waals surface area contributed by atoms with Gasteiger partial charge in [-0.15, -0.1) is 0 Å². The molecule has 4 amide bonds. The number of benzene rings is 1. The van der Waals surface area contributed by atoms with Crippen molar-refractivity contribution in [2.75, 3.05) is 164 Å². The Labute approximate surface area is 370 Å². The monoisotopic (exact) mass is 899 g/mol. The van der Waals surface area contributed by atoms with Crippen LogP contribution in [0.25, 0.3) is 0 Å². The van der Waals surface area contributed by atoms with Crippen LogP contribution in [0.5, 0.6) is 0 Å². The zero-order valence-corrected chi connectivity index (χ0v) is 36.9. The van der Waals surface area contributed by atoms with Gasteiger partial charge >= 0.3 is 5.97 Å². The molecule has 1 aromatic carbocycles. The number of rotatable bonds is 42. The van der Waals surface area contributed by atoms with Gasteiger partial charge in [-0.2, -0.15) is 0 Å². The quantitative estimate of drug-likeness (QED) is 0.0542. The number of unbranched alkanes of at least 4 members (excludes halogenated alkanes) is 2. The predicted molar refractivity (Wildman–Crippen MR) is 226 cm³/mol. The summed E-state index contributed by atoms with van der Waals surface area (Å²) in [5, 5.41) is 5.33. The van der Waals surface area contributed by atoms with Crippen molar-refractivity contribution in [3.05, 3.63) is 29.3 Å². The molecule has 3 rings (SSSR count). The van der Waals surface area contributed by atoms with E-state index in [1.807, 2.05) is 0 Å². The van der Waals surface area contributed by atoms with Crippen LogP contribution < -0.4 is 10.6 Å². The number of fused-ring (bicyclic) bond motifs is 1. The van der Waals surface area contributed by atoms with E-state index in [9.17, 15) is 24.0 Å². The Balaban J connectivity index is 0.964. The summed E-state index contributed by atoms with van der Waals surface area (Å²) in [4.78, 5) is 62.4. The van der Waals surface area contributed by atoms with Crippen LogP contribution in [0.3, 0.4) is 0 Å². The lowest BCUT2D eigenvalue weighted by atomic mass is 10.0. The third kappa shape index (κ3) is 23.7. The number of amides is 4. The first-order valence-corrected chi connectivity index (χ1v) is 22.0. The maximum absolute atomic E-state index is 13.2. The van der Waals surface area contributed by atoms with Gasteiger partial charge in [0.1, 0.15) is 12.6 Å². The molecule has 1 unspecified atom stereocenters. The van der Waals surface area contributed by atoms with Crippen molar-refractivity contribution in [2.24, 2.45) is 0 Å². The Morgan fingerprint density at radius 3 is 1.44 bits per heavy atom. The summed E-state index contributed by atoms with van der Waals surface area (Å²) in [6.07, 6.45) is 3.61. The molecule has 0 aromatic heterocycles. The number of piperidine rings is 1. The van der Waals surface area contributed by atoms with Gasteiger partial charge in [0, 0.05) is 25.1 Å². The highest BCUT2D eigenvalue weighted by Crippen LogP contribution is 2.32. The molecule has 1 aromatic rings. The number of esters is 1. The van der Waals surface area contributed by atoms with E-state index in [2.05, 4.69) is 17.6 Å². The molecule has 1 atom stereocenters. The highest BCUT2D eigenvalue weighted by atomic mass is 16.6. The highest BCUT2D eigenvalue weighted by molar-refractivity contribution is 6.25. The molecule has 63 heavy (non-hydrogen) atoms. The minimum Gasteiger partial charge on any atom is -0.463 e. The number of hydrogen-bond donors (Lipinski definition) is 2. The molecule has 0 aliphatic carbocycles. The van der Waals surface area contributed by atoms with Gasteiger partial charge in [0.05, 0.1) is 156 Å². The van der Waals surface area contributed by atoms with E-state index >= 15 is 0 Å². The van der Waals surface area contributed by atoms with Gasteiger partial charge < -0.3 is 62.2 Å². The first-order valence-electron chi connectivity index (χ1n) is 22.0. The second kappa shape index (κ2) is 35.7. The summed E-state index contributed by atoms with van der Waals surface area (Å²) in [7, 11) is 0. The van der Waals surface area contributed by atoms with Gasteiger partial charge in [-0.25, -0.2) is 0 Å². The summed E-state index contributed by atoms with van der Waals surface area (Å²) in [6.45, 7) is 12.4. The van der Waals surface area contributed by atoms with E-state index in [-0.39, 0.29) is 36.5 Å². The predicted octanol–water partition coefficient (Wildman–Crippen LogP) is 1.81. The molecule has 2 heterocycles. The molecule has 0 saturated carbocycles. The fourth-order valence-corrected chi connectivity index (χ4v) is 6.03. The van der Waals surface area contributed by atoms with Crippen LogP contribution in [0.1, 0.15) is 66.2 Å². The Kier molecular flexibility index (Phi) is 30.4. The summed E-state index contributed by atoms with van der Waals surface area (Å²) >= 11 is 0. The summed E-state index contributed by atoms with van der Waals surface area (Å²) < 4.78 is 65.5. The van der Waals surface area contributed by atoms with Gasteiger partial charge in [0.25, 0.3) is 11.8 Å². The van der Waals surface area contributed by atoms with E-state index in [0.29, 0.717) is 164 Å². The van der Waals surface area contributed by atoms with Crippen LogP contribution in [0.2, 0.25) is 0 Å². The summed E-state index contributed by atoms with van der Waals surface area (Å²) in [5.41, 5.74) is 0.896. The lowest BCUT2D eigenvalue weighted by Gasteiger charge is -2.27. The maximum atomic E-state index is 13.2. The molecular weight excluding hydrogens is 830 g/mol. The topological polar surface area (TPSA) is 223 Å². The van der Waals surface area contributed by atoms with E-state index < -0.39 is 29.7 Å². The average molecular weight is 900 g/mol. The Morgan fingerprint density at radius 2 is 1.02 bits per heavy atom. The molecule has 2 aliphatic heterocycles. The first-order chi connectivity index (χ1) is 30.9. The molecule has 0 radical (unpaired) electrons. The molecule has 0 bridgehead atoms. The van der Waals surface area contributed by atoms with Crippen LogP contribution in [-0.2, 0) is 71.2 Å². The Hall–Kier alpha value is -3.67. The lowest BCUT2D eigenvalue weighted by molar-refractivity contribution is -0.145. The summed E-state index contributed by atoms with van der Waals surface area (Å²) in [6, 6.07) is 3.89. The number of carbonyl (C=O) groups excluding carboxylic acids is 5. The normalized spacial score (nSPS) is 15.0. The number of anilines is 1. The van der Waals surface area contributed by atoms with Crippen LogP contribution in [0.4, 0.5) is 5.69 Å². The number of nitrogens with one attached hydrogen (secondary N) is 2. The van der Waals surface area contributed by atoms with Crippen molar-refractivity contribution < 1.29 is 80.8 Å². The third-order valence-corrected chi connectivity index (χ3v) is 9.23. The molecule has 20 heteroatoms. The van der Waals surface area contributed by atoms with Crippen molar-refractivity contribution in [1.29, 1.82) is 0 Å². The van der Waals surface area contributed by atoms with Crippen molar-refractivity contribution in [1.82, 2.24) is 10.2 Å². The van der Waals surface area contributed by atoms with Gasteiger partial charge in [-0.1, -0.05) is 25.8 Å². The number of carbonyl (C=O) groups is 5.